The summed E-state index contributed by atoms with van der Waals surface area (Å²) >= 11 is 0. The highest BCUT2D eigenvalue weighted by Gasteiger charge is 2.28. The Labute approximate surface area is 104 Å². The number of anilines is 2. The maximum atomic E-state index is 4.34. The Morgan fingerprint density at radius 2 is 2.18 bits per heavy atom. The van der Waals surface area contributed by atoms with Gasteiger partial charge >= 0.3 is 0 Å². The largest absolute Gasteiger partial charge is 0.384 e. The molecule has 3 nitrogen and oxygen atoms in total. The van der Waals surface area contributed by atoms with Crippen molar-refractivity contribution >= 4 is 11.4 Å². The molecule has 1 aliphatic carbocycles. The molecule has 0 radical (unpaired) electrons. The SMILES string of the molecule is CCCCN(c1cncc(NCC)c1)C1CC1. The van der Waals surface area contributed by atoms with Crippen LogP contribution in [0.2, 0.25) is 0 Å². The van der Waals surface area contributed by atoms with Gasteiger partial charge in [-0.3, -0.25) is 4.98 Å². The lowest BCUT2D eigenvalue weighted by Gasteiger charge is -2.24. The van der Waals surface area contributed by atoms with Crippen molar-refractivity contribution in [2.75, 3.05) is 23.3 Å². The van der Waals surface area contributed by atoms with E-state index in [-0.39, 0.29) is 0 Å². The van der Waals surface area contributed by atoms with Crippen LogP contribution in [0.25, 0.3) is 0 Å². The molecule has 1 fully saturated rings. The second-order valence-corrected chi connectivity index (χ2v) is 4.74. The quantitative estimate of drug-likeness (QED) is 0.783. The number of pyridine rings is 1. The van der Waals surface area contributed by atoms with E-state index in [9.17, 15) is 0 Å². The van der Waals surface area contributed by atoms with Crippen molar-refractivity contribution in [3.63, 3.8) is 0 Å². The molecule has 1 saturated carbocycles. The van der Waals surface area contributed by atoms with Crippen molar-refractivity contribution < 1.29 is 0 Å². The molecule has 17 heavy (non-hydrogen) atoms. The Bertz CT molecular complexity index is 347. The van der Waals surface area contributed by atoms with E-state index in [4.69, 9.17) is 0 Å². The van der Waals surface area contributed by atoms with Gasteiger partial charge in [-0.25, -0.2) is 0 Å². The predicted octanol–water partition coefficient (Wildman–Crippen LogP) is 3.28. The molecule has 0 aromatic carbocycles. The highest BCUT2D eigenvalue weighted by atomic mass is 15.2. The van der Waals surface area contributed by atoms with Gasteiger partial charge in [0.25, 0.3) is 0 Å². The Hall–Kier alpha value is -1.25. The average molecular weight is 233 g/mol. The smallest absolute Gasteiger partial charge is 0.0575 e. The molecule has 0 amide bonds. The summed E-state index contributed by atoms with van der Waals surface area (Å²) in [5.74, 6) is 0. The van der Waals surface area contributed by atoms with Crippen molar-refractivity contribution in [2.45, 2.75) is 45.6 Å². The van der Waals surface area contributed by atoms with E-state index in [1.165, 1.54) is 37.9 Å². The summed E-state index contributed by atoms with van der Waals surface area (Å²) in [5, 5.41) is 3.33. The summed E-state index contributed by atoms with van der Waals surface area (Å²) < 4.78 is 0. The van der Waals surface area contributed by atoms with Crippen LogP contribution in [0.15, 0.2) is 18.5 Å². The van der Waals surface area contributed by atoms with Crippen LogP contribution in [0.5, 0.6) is 0 Å². The number of nitrogens with zero attached hydrogens (tertiary/aromatic N) is 2. The van der Waals surface area contributed by atoms with E-state index in [0.29, 0.717) is 0 Å². The molecular formula is C14H23N3. The van der Waals surface area contributed by atoms with Gasteiger partial charge in [-0.1, -0.05) is 13.3 Å². The molecule has 94 valence electrons. The molecule has 3 heteroatoms. The summed E-state index contributed by atoms with van der Waals surface area (Å²) in [5.41, 5.74) is 2.41. The first kappa shape index (κ1) is 12.2. The third-order valence-electron chi connectivity index (χ3n) is 3.18. The lowest BCUT2D eigenvalue weighted by molar-refractivity contribution is 0.712. The zero-order valence-electron chi connectivity index (χ0n) is 10.9. The monoisotopic (exact) mass is 233 g/mol. The minimum Gasteiger partial charge on any atom is -0.384 e. The van der Waals surface area contributed by atoms with Crippen LogP contribution < -0.4 is 10.2 Å². The summed E-state index contributed by atoms with van der Waals surface area (Å²) in [7, 11) is 0. The Kier molecular flexibility index (Phi) is 4.24. The minimum atomic E-state index is 0.764. The second-order valence-electron chi connectivity index (χ2n) is 4.74. The van der Waals surface area contributed by atoms with Crippen molar-refractivity contribution in [3.05, 3.63) is 18.5 Å². The van der Waals surface area contributed by atoms with Gasteiger partial charge in [-0.15, -0.1) is 0 Å². The van der Waals surface area contributed by atoms with Crippen molar-refractivity contribution in [1.29, 1.82) is 0 Å². The number of unbranched alkanes of at least 4 members (excludes halogenated alkanes) is 1. The van der Waals surface area contributed by atoms with Crippen molar-refractivity contribution in [2.24, 2.45) is 0 Å². The topological polar surface area (TPSA) is 28.2 Å². The lowest BCUT2D eigenvalue weighted by Crippen LogP contribution is -2.26. The minimum absolute atomic E-state index is 0.764. The third kappa shape index (κ3) is 3.35. The fraction of sp³-hybridized carbons (Fsp3) is 0.643. The van der Waals surface area contributed by atoms with E-state index in [1.54, 1.807) is 0 Å². The molecule has 2 rings (SSSR count). The maximum absolute atomic E-state index is 4.34. The van der Waals surface area contributed by atoms with Crippen LogP contribution in [-0.4, -0.2) is 24.1 Å². The summed E-state index contributed by atoms with van der Waals surface area (Å²) in [6.07, 6.45) is 9.10. The number of nitrogens with one attached hydrogen (secondary N) is 1. The highest BCUT2D eigenvalue weighted by Crippen LogP contribution is 2.32. The third-order valence-corrected chi connectivity index (χ3v) is 3.18. The zero-order valence-corrected chi connectivity index (χ0v) is 10.9. The van der Waals surface area contributed by atoms with E-state index in [1.807, 2.05) is 12.4 Å². The molecule has 0 bridgehead atoms. The summed E-state index contributed by atoms with van der Waals surface area (Å²) in [6, 6.07) is 2.99. The Balaban J connectivity index is 2.08. The van der Waals surface area contributed by atoms with Crippen LogP contribution in [0.4, 0.5) is 11.4 Å². The molecule has 0 saturated heterocycles. The molecule has 0 spiro atoms. The first-order chi connectivity index (χ1) is 8.35. The average Bonchev–Trinajstić information content (AvgIpc) is 3.15. The summed E-state index contributed by atoms with van der Waals surface area (Å²) in [6.45, 7) is 6.47. The van der Waals surface area contributed by atoms with Crippen LogP contribution in [0.1, 0.15) is 39.5 Å². The molecule has 0 aliphatic heterocycles. The molecule has 1 heterocycles. The number of rotatable bonds is 7. The summed E-state index contributed by atoms with van der Waals surface area (Å²) in [4.78, 5) is 6.86. The van der Waals surface area contributed by atoms with Gasteiger partial charge in [0, 0.05) is 19.1 Å². The fourth-order valence-electron chi connectivity index (χ4n) is 2.12. The standard InChI is InChI=1S/C14H23N3/c1-3-5-8-17(13-6-7-13)14-9-12(16-4-2)10-15-11-14/h9-11,13,16H,3-8H2,1-2H3. The van der Waals surface area contributed by atoms with Gasteiger partial charge in [0.1, 0.15) is 0 Å². The normalized spacial score (nSPS) is 14.7. The molecule has 0 unspecified atom stereocenters. The van der Waals surface area contributed by atoms with E-state index in [2.05, 4.69) is 35.1 Å². The molecule has 1 N–H and O–H groups in total. The van der Waals surface area contributed by atoms with Crippen LogP contribution in [0, 0.1) is 0 Å². The van der Waals surface area contributed by atoms with Crippen LogP contribution in [-0.2, 0) is 0 Å². The van der Waals surface area contributed by atoms with Gasteiger partial charge in [0.2, 0.25) is 0 Å². The van der Waals surface area contributed by atoms with E-state index >= 15 is 0 Å². The molecular weight excluding hydrogens is 210 g/mol. The number of aromatic nitrogens is 1. The molecule has 1 aliphatic rings. The van der Waals surface area contributed by atoms with Gasteiger partial charge in [0.15, 0.2) is 0 Å². The maximum Gasteiger partial charge on any atom is 0.0575 e. The number of hydrogen-bond donors (Lipinski definition) is 1. The van der Waals surface area contributed by atoms with E-state index < -0.39 is 0 Å². The Morgan fingerprint density at radius 3 is 2.82 bits per heavy atom. The van der Waals surface area contributed by atoms with Gasteiger partial charge in [0.05, 0.1) is 23.8 Å². The van der Waals surface area contributed by atoms with Gasteiger partial charge in [-0.05, 0) is 32.3 Å². The first-order valence-electron chi connectivity index (χ1n) is 6.80. The van der Waals surface area contributed by atoms with Gasteiger partial charge < -0.3 is 10.2 Å². The second kappa shape index (κ2) is 5.89. The molecule has 0 atom stereocenters. The van der Waals surface area contributed by atoms with Gasteiger partial charge in [-0.2, -0.15) is 0 Å². The molecule has 1 aromatic rings. The van der Waals surface area contributed by atoms with Crippen molar-refractivity contribution in [3.8, 4) is 0 Å². The zero-order chi connectivity index (χ0) is 12.1. The first-order valence-corrected chi connectivity index (χ1v) is 6.80. The lowest BCUT2D eigenvalue weighted by atomic mass is 10.2. The Morgan fingerprint density at radius 1 is 1.35 bits per heavy atom. The van der Waals surface area contributed by atoms with E-state index in [0.717, 1.165) is 18.3 Å². The highest BCUT2D eigenvalue weighted by molar-refractivity contribution is 5.56. The number of hydrogen-bond acceptors (Lipinski definition) is 3. The predicted molar refractivity (Wildman–Crippen MR) is 73.7 cm³/mol. The van der Waals surface area contributed by atoms with Crippen LogP contribution >= 0.6 is 0 Å². The van der Waals surface area contributed by atoms with Crippen LogP contribution in [0.3, 0.4) is 0 Å². The molecule has 1 aromatic heterocycles. The fourth-order valence-corrected chi connectivity index (χ4v) is 2.12. The van der Waals surface area contributed by atoms with Crippen molar-refractivity contribution in [1.82, 2.24) is 4.98 Å².